The number of hydrogen-bond donors (Lipinski definition) is 1. The van der Waals surface area contributed by atoms with Crippen LogP contribution in [0.4, 0.5) is 17.6 Å². The van der Waals surface area contributed by atoms with Crippen molar-refractivity contribution >= 4 is 16.6 Å². The first-order valence-corrected chi connectivity index (χ1v) is 11.3. The number of ether oxygens (including phenoxy) is 1. The molecule has 35 heavy (non-hydrogen) atoms. The Hall–Kier alpha value is -3.31. The molecule has 184 valence electrons. The second kappa shape index (κ2) is 8.72. The van der Waals surface area contributed by atoms with Crippen molar-refractivity contribution in [2.45, 2.75) is 44.6 Å². The van der Waals surface area contributed by atoms with Crippen LogP contribution in [0.5, 0.6) is 5.75 Å². The van der Waals surface area contributed by atoms with Crippen LogP contribution in [0.15, 0.2) is 42.6 Å². The molecule has 1 aliphatic rings. The number of nitrogens with two attached hydrogens (primary N) is 1. The topological polar surface area (TPSA) is 81.6 Å². The Morgan fingerprint density at radius 3 is 2.60 bits per heavy atom. The largest absolute Gasteiger partial charge is 0.491 e. The lowest BCUT2D eigenvalue weighted by molar-refractivity contribution is -0.183. The maximum Gasteiger partial charge on any atom is 0.408 e. The van der Waals surface area contributed by atoms with Crippen molar-refractivity contribution in [3.63, 3.8) is 0 Å². The van der Waals surface area contributed by atoms with E-state index in [-0.39, 0.29) is 48.0 Å². The Labute approximate surface area is 198 Å². The van der Waals surface area contributed by atoms with Gasteiger partial charge >= 0.3 is 6.18 Å². The Bertz CT molecular complexity index is 1390. The van der Waals surface area contributed by atoms with Gasteiger partial charge in [0.1, 0.15) is 17.5 Å². The Kier molecular flexibility index (Phi) is 5.84. The average molecular weight is 488 g/mol. The van der Waals surface area contributed by atoms with Crippen LogP contribution in [-0.4, -0.2) is 55.9 Å². The maximum atomic E-state index is 15.1. The first-order chi connectivity index (χ1) is 16.6. The van der Waals surface area contributed by atoms with Gasteiger partial charge in [-0.05, 0) is 50.1 Å². The minimum atomic E-state index is -4.52. The van der Waals surface area contributed by atoms with Gasteiger partial charge in [-0.3, -0.25) is 9.30 Å². The van der Waals surface area contributed by atoms with Crippen LogP contribution < -0.4 is 10.5 Å². The molecule has 4 aromatic rings. The highest BCUT2D eigenvalue weighted by molar-refractivity contribution is 5.82. The van der Waals surface area contributed by atoms with E-state index in [1.54, 1.807) is 18.2 Å². The molecule has 0 saturated carbocycles. The van der Waals surface area contributed by atoms with Crippen LogP contribution >= 0.6 is 0 Å². The Morgan fingerprint density at radius 2 is 1.91 bits per heavy atom. The van der Waals surface area contributed by atoms with Gasteiger partial charge in [-0.25, -0.2) is 9.37 Å². The van der Waals surface area contributed by atoms with Crippen LogP contribution in [0.3, 0.4) is 0 Å². The van der Waals surface area contributed by atoms with Crippen molar-refractivity contribution in [3.8, 4) is 17.3 Å². The standard InChI is InChI=1S/C24H24F4N6O/c1-13(2)35-17-5-3-14-9-18(25)21(30-19(14)10-17)23-32-31-20-6-4-15(11-34(20)23)22(24(26,27)28)33-8-7-16(29)12-33/h3-6,9-11,13,16,22H,7-8,12,29H2,1-2H3/t16-,22+/m0/s1. The zero-order chi connectivity index (χ0) is 24.9. The van der Waals surface area contributed by atoms with Crippen molar-refractivity contribution in [2.75, 3.05) is 13.1 Å². The van der Waals surface area contributed by atoms with E-state index in [0.29, 0.717) is 23.1 Å². The number of rotatable bonds is 5. The third kappa shape index (κ3) is 4.53. The molecule has 5 rings (SSSR count). The molecule has 4 heterocycles. The van der Waals surface area contributed by atoms with E-state index in [1.165, 1.54) is 33.7 Å². The summed E-state index contributed by atoms with van der Waals surface area (Å²) in [5.74, 6) is -0.0779. The molecular formula is C24H24F4N6O. The molecule has 0 amide bonds. The number of benzene rings is 1. The van der Waals surface area contributed by atoms with Crippen LogP contribution in [0.2, 0.25) is 0 Å². The summed E-state index contributed by atoms with van der Waals surface area (Å²) in [5, 5.41) is 8.61. The van der Waals surface area contributed by atoms with Gasteiger partial charge in [-0.1, -0.05) is 6.07 Å². The molecule has 2 atom stereocenters. The van der Waals surface area contributed by atoms with E-state index in [2.05, 4.69) is 15.2 Å². The highest BCUT2D eigenvalue weighted by Crippen LogP contribution is 2.39. The molecule has 1 saturated heterocycles. The molecule has 0 unspecified atom stereocenters. The van der Waals surface area contributed by atoms with E-state index in [1.807, 2.05) is 13.8 Å². The number of nitrogens with zero attached hydrogens (tertiary/aromatic N) is 5. The van der Waals surface area contributed by atoms with E-state index in [0.717, 1.165) is 0 Å². The minimum Gasteiger partial charge on any atom is -0.491 e. The summed E-state index contributed by atoms with van der Waals surface area (Å²) in [7, 11) is 0. The third-order valence-corrected chi connectivity index (χ3v) is 6.00. The lowest BCUT2D eigenvalue weighted by atomic mass is 10.1. The number of likely N-dealkylation sites (tertiary alicyclic amines) is 1. The molecule has 1 aromatic carbocycles. The Morgan fingerprint density at radius 1 is 1.11 bits per heavy atom. The molecular weight excluding hydrogens is 464 g/mol. The monoisotopic (exact) mass is 488 g/mol. The number of halogens is 4. The summed E-state index contributed by atoms with van der Waals surface area (Å²) in [6, 6.07) is 7.07. The van der Waals surface area contributed by atoms with Crippen molar-refractivity contribution in [3.05, 3.63) is 54.0 Å². The minimum absolute atomic E-state index is 0.00559. The fourth-order valence-electron chi connectivity index (χ4n) is 4.51. The van der Waals surface area contributed by atoms with Gasteiger partial charge in [0, 0.05) is 36.8 Å². The Balaban J connectivity index is 1.61. The van der Waals surface area contributed by atoms with Crippen molar-refractivity contribution in [1.29, 1.82) is 0 Å². The third-order valence-electron chi connectivity index (χ3n) is 6.00. The van der Waals surface area contributed by atoms with Crippen LogP contribution in [0.25, 0.3) is 28.1 Å². The summed E-state index contributed by atoms with van der Waals surface area (Å²) in [4.78, 5) is 5.74. The summed E-state index contributed by atoms with van der Waals surface area (Å²) < 4.78 is 64.4. The SMILES string of the molecule is CC(C)Oc1ccc2cc(F)c(-c3nnc4ccc([C@@H](N5CC[C@H](N)C5)C(F)(F)F)cn34)nc2c1. The van der Waals surface area contributed by atoms with Gasteiger partial charge in [0.15, 0.2) is 17.3 Å². The number of pyridine rings is 2. The quantitative estimate of drug-likeness (QED) is 0.417. The second-order valence-electron chi connectivity index (χ2n) is 9.04. The highest BCUT2D eigenvalue weighted by Gasteiger charge is 2.46. The van der Waals surface area contributed by atoms with Gasteiger partial charge < -0.3 is 10.5 Å². The second-order valence-corrected chi connectivity index (χ2v) is 9.04. The van der Waals surface area contributed by atoms with Gasteiger partial charge in [0.05, 0.1) is 11.6 Å². The van der Waals surface area contributed by atoms with Gasteiger partial charge in [0.25, 0.3) is 0 Å². The van der Waals surface area contributed by atoms with Crippen LogP contribution in [0.1, 0.15) is 31.9 Å². The molecule has 0 spiro atoms. The molecule has 11 heteroatoms. The van der Waals surface area contributed by atoms with Crippen molar-refractivity contribution in [2.24, 2.45) is 5.73 Å². The number of hydrogen-bond acceptors (Lipinski definition) is 6. The number of aromatic nitrogens is 4. The zero-order valence-corrected chi connectivity index (χ0v) is 19.1. The van der Waals surface area contributed by atoms with Gasteiger partial charge in [-0.15, -0.1) is 10.2 Å². The fourth-order valence-corrected chi connectivity index (χ4v) is 4.51. The predicted octanol–water partition coefficient (Wildman–Crippen LogP) is 4.51. The molecule has 7 nitrogen and oxygen atoms in total. The van der Waals surface area contributed by atoms with E-state index in [4.69, 9.17) is 10.5 Å². The van der Waals surface area contributed by atoms with Crippen LogP contribution in [-0.2, 0) is 0 Å². The van der Waals surface area contributed by atoms with Gasteiger partial charge in [0.2, 0.25) is 0 Å². The first-order valence-electron chi connectivity index (χ1n) is 11.3. The highest BCUT2D eigenvalue weighted by atomic mass is 19.4. The number of fused-ring (bicyclic) bond motifs is 2. The molecule has 3 aromatic heterocycles. The van der Waals surface area contributed by atoms with E-state index in [9.17, 15) is 13.2 Å². The smallest absolute Gasteiger partial charge is 0.408 e. The zero-order valence-electron chi connectivity index (χ0n) is 19.1. The lowest BCUT2D eigenvalue weighted by Crippen LogP contribution is -2.38. The number of alkyl halides is 3. The van der Waals surface area contributed by atoms with E-state index >= 15 is 4.39 Å². The molecule has 1 fully saturated rings. The molecule has 1 aliphatic heterocycles. The molecule has 2 N–H and O–H groups in total. The lowest BCUT2D eigenvalue weighted by Gasteiger charge is -2.30. The van der Waals surface area contributed by atoms with E-state index < -0.39 is 18.0 Å². The molecule has 0 bridgehead atoms. The first kappa shape index (κ1) is 23.4. The van der Waals surface area contributed by atoms with Crippen LogP contribution in [0, 0.1) is 5.82 Å². The van der Waals surface area contributed by atoms with Crippen molar-refractivity contribution in [1.82, 2.24) is 24.5 Å². The molecule has 0 radical (unpaired) electrons. The summed E-state index contributed by atoms with van der Waals surface area (Å²) in [5.41, 5.74) is 6.49. The van der Waals surface area contributed by atoms with Gasteiger partial charge in [-0.2, -0.15) is 13.2 Å². The fraction of sp³-hybridized carbons (Fsp3) is 0.375. The normalized spacial score (nSPS) is 18.1. The summed E-state index contributed by atoms with van der Waals surface area (Å²) in [6.07, 6.45) is -2.79. The average Bonchev–Trinajstić information content (AvgIpc) is 3.38. The maximum absolute atomic E-state index is 15.1. The van der Waals surface area contributed by atoms with Crippen molar-refractivity contribution < 1.29 is 22.3 Å². The summed E-state index contributed by atoms with van der Waals surface area (Å²) in [6.45, 7) is 4.15. The summed E-state index contributed by atoms with van der Waals surface area (Å²) >= 11 is 0. The molecule has 0 aliphatic carbocycles. The predicted molar refractivity (Wildman–Crippen MR) is 122 cm³/mol.